The number of nitrogens with zero attached hydrogens (tertiary/aromatic N) is 1. The van der Waals surface area contributed by atoms with E-state index < -0.39 is 16.1 Å². The molecule has 156 valence electrons. The van der Waals surface area contributed by atoms with E-state index >= 15 is 0 Å². The second-order valence-electron chi connectivity index (χ2n) is 6.74. The summed E-state index contributed by atoms with van der Waals surface area (Å²) in [5.74, 6) is 0.420. The minimum Gasteiger partial charge on any atom is -0.493 e. The average Bonchev–Trinajstić information content (AvgIpc) is 3.20. The van der Waals surface area contributed by atoms with Gasteiger partial charge < -0.3 is 14.8 Å². The van der Waals surface area contributed by atoms with Crippen molar-refractivity contribution in [3.63, 3.8) is 0 Å². The summed E-state index contributed by atoms with van der Waals surface area (Å²) in [7, 11) is -0.942. The fourth-order valence-corrected chi connectivity index (χ4v) is 5.53. The Morgan fingerprint density at radius 3 is 2.52 bits per heavy atom. The Balaban J connectivity index is 1.86. The van der Waals surface area contributed by atoms with E-state index in [1.807, 2.05) is 19.1 Å². The van der Waals surface area contributed by atoms with Crippen molar-refractivity contribution in [2.45, 2.75) is 30.7 Å². The van der Waals surface area contributed by atoms with E-state index in [4.69, 9.17) is 9.47 Å². The molecular weight excluding hydrogens is 460 g/mol. The Labute approximate surface area is 179 Å². The summed E-state index contributed by atoms with van der Waals surface area (Å²) in [4.78, 5) is 13.0. The van der Waals surface area contributed by atoms with Gasteiger partial charge in [0.1, 0.15) is 6.04 Å². The average molecular weight is 483 g/mol. The summed E-state index contributed by atoms with van der Waals surface area (Å²) in [6.07, 6.45) is 1.08. The molecule has 0 radical (unpaired) electrons. The Bertz CT molecular complexity index is 1030. The number of hydrogen-bond donors (Lipinski definition) is 1. The molecule has 9 heteroatoms. The van der Waals surface area contributed by atoms with Crippen molar-refractivity contribution < 1.29 is 22.7 Å². The van der Waals surface area contributed by atoms with Crippen LogP contribution < -0.4 is 14.8 Å². The lowest BCUT2D eigenvalue weighted by molar-refractivity contribution is -0.119. The van der Waals surface area contributed by atoms with E-state index in [9.17, 15) is 13.2 Å². The molecule has 1 aliphatic heterocycles. The fourth-order valence-electron chi connectivity index (χ4n) is 3.39. The molecule has 29 heavy (non-hydrogen) atoms. The summed E-state index contributed by atoms with van der Waals surface area (Å²) >= 11 is 3.39. The van der Waals surface area contributed by atoms with Gasteiger partial charge in [-0.05, 0) is 55.7 Å². The smallest absolute Gasteiger partial charge is 0.243 e. The van der Waals surface area contributed by atoms with Crippen LogP contribution in [0.1, 0.15) is 18.4 Å². The Kier molecular flexibility index (Phi) is 6.50. The van der Waals surface area contributed by atoms with Gasteiger partial charge in [-0.3, -0.25) is 4.79 Å². The first-order chi connectivity index (χ1) is 13.8. The molecule has 2 aromatic rings. The highest BCUT2D eigenvalue weighted by Gasteiger charge is 2.39. The lowest BCUT2D eigenvalue weighted by Gasteiger charge is -2.24. The quantitative estimate of drug-likeness (QED) is 0.679. The van der Waals surface area contributed by atoms with Crippen LogP contribution >= 0.6 is 15.9 Å². The maximum Gasteiger partial charge on any atom is 0.243 e. The number of halogens is 1. The van der Waals surface area contributed by atoms with Gasteiger partial charge in [-0.2, -0.15) is 4.31 Å². The first-order valence-electron chi connectivity index (χ1n) is 9.09. The summed E-state index contributed by atoms with van der Waals surface area (Å²) < 4.78 is 39.0. The van der Waals surface area contributed by atoms with Crippen LogP contribution in [0.5, 0.6) is 11.5 Å². The van der Waals surface area contributed by atoms with Crippen molar-refractivity contribution in [1.82, 2.24) is 4.31 Å². The van der Waals surface area contributed by atoms with Crippen molar-refractivity contribution in [1.29, 1.82) is 0 Å². The molecule has 2 aromatic carbocycles. The molecule has 0 aromatic heterocycles. The third kappa shape index (κ3) is 4.41. The number of benzene rings is 2. The van der Waals surface area contributed by atoms with Crippen LogP contribution in [0.15, 0.2) is 45.8 Å². The van der Waals surface area contributed by atoms with Crippen LogP contribution in [-0.2, 0) is 14.8 Å². The highest BCUT2D eigenvalue weighted by atomic mass is 79.9. The van der Waals surface area contributed by atoms with E-state index in [-0.39, 0.29) is 17.3 Å². The molecule has 1 unspecified atom stereocenters. The predicted molar refractivity (Wildman–Crippen MR) is 114 cm³/mol. The second kappa shape index (κ2) is 8.73. The van der Waals surface area contributed by atoms with Crippen molar-refractivity contribution >= 4 is 37.5 Å². The lowest BCUT2D eigenvalue weighted by Crippen LogP contribution is -2.43. The zero-order chi connectivity index (χ0) is 21.2. The predicted octanol–water partition coefficient (Wildman–Crippen LogP) is 3.57. The van der Waals surface area contributed by atoms with Crippen LogP contribution in [0.2, 0.25) is 0 Å². The SMILES string of the molecule is COc1ccc(S(=O)(=O)N2CCCC2C(=O)Nc2ccc(Br)cc2C)cc1OC. The third-order valence-electron chi connectivity index (χ3n) is 4.91. The lowest BCUT2D eigenvalue weighted by atomic mass is 10.1. The van der Waals surface area contributed by atoms with Crippen LogP contribution in [-0.4, -0.2) is 45.4 Å². The zero-order valence-corrected chi connectivity index (χ0v) is 18.8. The van der Waals surface area contributed by atoms with Crippen molar-refractivity contribution in [3.05, 3.63) is 46.4 Å². The molecule has 1 N–H and O–H groups in total. The van der Waals surface area contributed by atoms with Crippen molar-refractivity contribution in [2.75, 3.05) is 26.1 Å². The Hall–Kier alpha value is -2.10. The standard InChI is InChI=1S/C20H23BrN2O5S/c1-13-11-14(21)6-8-16(13)22-20(24)17-5-4-10-23(17)29(25,26)15-7-9-18(27-2)19(12-15)28-3/h6-9,11-12,17H,4-5,10H2,1-3H3,(H,22,24). The Morgan fingerprint density at radius 1 is 1.14 bits per heavy atom. The summed E-state index contributed by atoms with van der Waals surface area (Å²) in [5, 5.41) is 2.86. The number of aryl methyl sites for hydroxylation is 1. The van der Waals surface area contributed by atoms with Gasteiger partial charge in [0.05, 0.1) is 19.1 Å². The van der Waals surface area contributed by atoms with E-state index in [2.05, 4.69) is 21.2 Å². The first-order valence-corrected chi connectivity index (χ1v) is 11.3. The summed E-state index contributed by atoms with van der Waals surface area (Å²) in [6.45, 7) is 2.17. The molecule has 1 heterocycles. The molecule has 1 atom stereocenters. The third-order valence-corrected chi connectivity index (χ3v) is 7.31. The first kappa shape index (κ1) is 21.6. The number of carbonyl (C=O) groups excluding carboxylic acids is 1. The summed E-state index contributed by atoms with van der Waals surface area (Å²) in [5.41, 5.74) is 1.55. The topological polar surface area (TPSA) is 84.9 Å². The largest absolute Gasteiger partial charge is 0.493 e. The van der Waals surface area contributed by atoms with E-state index in [0.29, 0.717) is 30.0 Å². The van der Waals surface area contributed by atoms with Crippen LogP contribution in [0.4, 0.5) is 5.69 Å². The molecule has 3 rings (SSSR count). The molecule has 0 saturated carbocycles. The molecule has 1 fully saturated rings. The maximum atomic E-state index is 13.2. The van der Waals surface area contributed by atoms with E-state index in [1.54, 1.807) is 12.1 Å². The van der Waals surface area contributed by atoms with Gasteiger partial charge >= 0.3 is 0 Å². The molecule has 1 saturated heterocycles. The van der Waals surface area contributed by atoms with Gasteiger partial charge in [0, 0.05) is 22.8 Å². The highest BCUT2D eigenvalue weighted by Crippen LogP contribution is 2.33. The number of nitrogens with one attached hydrogen (secondary N) is 1. The van der Waals surface area contributed by atoms with Gasteiger partial charge in [-0.25, -0.2) is 8.42 Å². The number of carbonyl (C=O) groups is 1. The van der Waals surface area contributed by atoms with Gasteiger partial charge in [0.15, 0.2) is 11.5 Å². The number of ether oxygens (including phenoxy) is 2. The molecule has 0 spiro atoms. The molecular formula is C20H23BrN2O5S. The van der Waals surface area contributed by atoms with Crippen LogP contribution in [0, 0.1) is 6.92 Å². The Morgan fingerprint density at radius 2 is 1.86 bits per heavy atom. The zero-order valence-electron chi connectivity index (χ0n) is 16.4. The van der Waals surface area contributed by atoms with Gasteiger partial charge in [-0.15, -0.1) is 0 Å². The molecule has 1 aliphatic rings. The number of anilines is 1. The van der Waals surface area contributed by atoms with Crippen molar-refractivity contribution in [2.24, 2.45) is 0 Å². The van der Waals surface area contributed by atoms with Gasteiger partial charge in [0.25, 0.3) is 0 Å². The second-order valence-corrected chi connectivity index (χ2v) is 9.55. The minimum absolute atomic E-state index is 0.0645. The number of sulfonamides is 1. The number of hydrogen-bond acceptors (Lipinski definition) is 5. The molecule has 0 aliphatic carbocycles. The van der Waals surface area contributed by atoms with Crippen LogP contribution in [0.3, 0.4) is 0 Å². The molecule has 0 bridgehead atoms. The maximum absolute atomic E-state index is 13.2. The molecule has 1 amide bonds. The molecule has 7 nitrogen and oxygen atoms in total. The fraction of sp³-hybridized carbons (Fsp3) is 0.350. The summed E-state index contributed by atoms with van der Waals surface area (Å²) in [6, 6.07) is 9.17. The number of methoxy groups -OCH3 is 2. The van der Waals surface area contributed by atoms with E-state index in [0.717, 1.165) is 10.0 Å². The van der Waals surface area contributed by atoms with Gasteiger partial charge in [-0.1, -0.05) is 15.9 Å². The van der Waals surface area contributed by atoms with Crippen LogP contribution in [0.25, 0.3) is 0 Å². The van der Waals surface area contributed by atoms with Gasteiger partial charge in [0.2, 0.25) is 15.9 Å². The number of rotatable bonds is 6. The highest BCUT2D eigenvalue weighted by molar-refractivity contribution is 9.10. The van der Waals surface area contributed by atoms with E-state index in [1.165, 1.54) is 30.7 Å². The minimum atomic E-state index is -3.87. The normalized spacial score (nSPS) is 17.2. The number of amides is 1. The van der Waals surface area contributed by atoms with Crippen molar-refractivity contribution in [3.8, 4) is 11.5 Å². The monoisotopic (exact) mass is 482 g/mol.